The minimum absolute atomic E-state index is 0.310. The molecule has 0 N–H and O–H groups in total. The van der Waals surface area contributed by atoms with Gasteiger partial charge >= 0.3 is 0 Å². The zero-order valence-electron chi connectivity index (χ0n) is 12.4. The Hall–Kier alpha value is -2.05. The van der Waals surface area contributed by atoms with Gasteiger partial charge in [-0.25, -0.2) is 0 Å². The fourth-order valence-corrected chi connectivity index (χ4v) is 3.00. The number of ether oxygens (including phenoxy) is 1. The van der Waals surface area contributed by atoms with Gasteiger partial charge < -0.3 is 9.64 Å². The molecule has 0 saturated carbocycles. The smallest absolute Gasteiger partial charge is 0.0995 e. The van der Waals surface area contributed by atoms with Gasteiger partial charge in [-0.15, -0.1) is 0 Å². The second kappa shape index (κ2) is 6.15. The number of allylic oxidation sites excluding steroid dienone is 3. The number of nitriles is 1. The summed E-state index contributed by atoms with van der Waals surface area (Å²) in [5, 5.41) is 9.50. The Morgan fingerprint density at radius 2 is 1.90 bits per heavy atom. The first-order chi connectivity index (χ1) is 10.3. The second-order valence-corrected chi connectivity index (χ2v) is 5.46. The van der Waals surface area contributed by atoms with Crippen LogP contribution >= 0.6 is 0 Å². The van der Waals surface area contributed by atoms with Crippen LogP contribution < -0.4 is 0 Å². The lowest BCUT2D eigenvalue weighted by Crippen LogP contribution is -2.35. The summed E-state index contributed by atoms with van der Waals surface area (Å²) in [5.41, 5.74) is 4.26. The predicted octanol–water partition coefficient (Wildman–Crippen LogP) is 3.31. The number of hydrogen-bond donors (Lipinski definition) is 0. The van der Waals surface area contributed by atoms with Crippen molar-refractivity contribution < 1.29 is 4.74 Å². The average Bonchev–Trinajstić information content (AvgIpc) is 2.72. The Bertz CT molecular complexity index is 618. The summed E-state index contributed by atoms with van der Waals surface area (Å²) in [6, 6.07) is 10.6. The van der Waals surface area contributed by atoms with E-state index in [2.05, 4.69) is 42.2 Å². The van der Waals surface area contributed by atoms with E-state index in [1.54, 1.807) is 0 Å². The summed E-state index contributed by atoms with van der Waals surface area (Å²) < 4.78 is 5.47. The van der Waals surface area contributed by atoms with Gasteiger partial charge in [0.1, 0.15) is 0 Å². The molecule has 1 heterocycles. The molecule has 108 valence electrons. The first kappa shape index (κ1) is 13.9. The first-order valence-corrected chi connectivity index (χ1v) is 7.59. The highest BCUT2D eigenvalue weighted by molar-refractivity contribution is 5.87. The molecule has 0 amide bonds. The summed E-state index contributed by atoms with van der Waals surface area (Å²) >= 11 is 0. The molecule has 21 heavy (non-hydrogen) atoms. The highest BCUT2D eigenvalue weighted by atomic mass is 16.5. The van der Waals surface area contributed by atoms with Crippen LogP contribution in [0.4, 0.5) is 0 Å². The third kappa shape index (κ3) is 2.72. The van der Waals surface area contributed by atoms with Crippen molar-refractivity contribution in [2.24, 2.45) is 5.92 Å². The monoisotopic (exact) mass is 280 g/mol. The minimum Gasteiger partial charge on any atom is -0.378 e. The van der Waals surface area contributed by atoms with Crippen molar-refractivity contribution in [2.75, 3.05) is 26.3 Å². The summed E-state index contributed by atoms with van der Waals surface area (Å²) in [4.78, 5) is 2.39. The van der Waals surface area contributed by atoms with Crippen LogP contribution in [0.1, 0.15) is 24.5 Å². The fraction of sp³-hybridized carbons (Fsp3) is 0.389. The summed E-state index contributed by atoms with van der Waals surface area (Å²) in [5.74, 6) is 0.310. The second-order valence-electron chi connectivity index (χ2n) is 5.46. The van der Waals surface area contributed by atoms with Crippen LogP contribution in [0.5, 0.6) is 0 Å². The molecule has 0 bridgehead atoms. The van der Waals surface area contributed by atoms with E-state index >= 15 is 0 Å². The molecule has 1 aromatic carbocycles. The van der Waals surface area contributed by atoms with Crippen LogP contribution in [-0.2, 0) is 4.74 Å². The lowest BCUT2D eigenvalue weighted by molar-refractivity contribution is 0.0638. The zero-order valence-corrected chi connectivity index (χ0v) is 12.4. The number of hydrogen-bond acceptors (Lipinski definition) is 3. The van der Waals surface area contributed by atoms with Gasteiger partial charge in [-0.3, -0.25) is 0 Å². The largest absolute Gasteiger partial charge is 0.378 e. The molecule has 3 nitrogen and oxygen atoms in total. The van der Waals surface area contributed by atoms with E-state index in [1.165, 1.54) is 11.3 Å². The molecule has 1 saturated heterocycles. The van der Waals surface area contributed by atoms with Gasteiger partial charge in [-0.05, 0) is 12.3 Å². The summed E-state index contributed by atoms with van der Waals surface area (Å²) in [7, 11) is 0. The topological polar surface area (TPSA) is 36.3 Å². The van der Waals surface area contributed by atoms with E-state index in [9.17, 15) is 5.26 Å². The molecule has 1 unspecified atom stereocenters. The Morgan fingerprint density at radius 3 is 2.57 bits per heavy atom. The standard InChI is InChI=1S/C18H20N2O/c1-2-14-11-15(13-19)16-5-3-4-6-17(16)18(12-14)20-7-9-21-10-8-20/h3-6,11-12,14H,2,7-10H2,1H3. The van der Waals surface area contributed by atoms with E-state index in [0.29, 0.717) is 5.92 Å². The van der Waals surface area contributed by atoms with Gasteiger partial charge in [0.15, 0.2) is 0 Å². The molecule has 3 heteroatoms. The first-order valence-electron chi connectivity index (χ1n) is 7.59. The summed E-state index contributed by atoms with van der Waals surface area (Å²) in [6.45, 7) is 5.54. The Kier molecular flexibility index (Phi) is 4.08. The predicted molar refractivity (Wildman–Crippen MR) is 84.2 cm³/mol. The highest BCUT2D eigenvalue weighted by Crippen LogP contribution is 2.34. The maximum atomic E-state index is 9.50. The lowest BCUT2D eigenvalue weighted by Gasteiger charge is -2.32. The SMILES string of the molecule is CCC1C=C(C#N)c2ccccc2C(N2CCOCC2)=C1. The van der Waals surface area contributed by atoms with Gasteiger partial charge in [-0.2, -0.15) is 5.26 Å². The molecule has 1 aliphatic carbocycles. The van der Waals surface area contributed by atoms with Gasteiger partial charge in [0.05, 0.1) is 24.9 Å². The van der Waals surface area contributed by atoms with Crippen LogP contribution in [0.3, 0.4) is 0 Å². The third-order valence-electron chi connectivity index (χ3n) is 4.19. The number of morpholine rings is 1. The molecule has 2 aliphatic rings. The van der Waals surface area contributed by atoms with Crippen LogP contribution in [0.2, 0.25) is 0 Å². The molecule has 0 radical (unpaired) electrons. The molecule has 3 rings (SSSR count). The minimum atomic E-state index is 0.310. The molecular formula is C18H20N2O. The van der Waals surface area contributed by atoms with Crippen LogP contribution in [0.15, 0.2) is 36.4 Å². The highest BCUT2D eigenvalue weighted by Gasteiger charge is 2.22. The quantitative estimate of drug-likeness (QED) is 0.834. The Morgan fingerprint density at radius 1 is 1.19 bits per heavy atom. The molecule has 0 aromatic heterocycles. The molecule has 1 atom stereocenters. The maximum Gasteiger partial charge on any atom is 0.0995 e. The van der Waals surface area contributed by atoms with Crippen molar-refractivity contribution >= 4 is 11.3 Å². The van der Waals surface area contributed by atoms with E-state index in [-0.39, 0.29) is 0 Å². The Labute approximate surface area is 126 Å². The van der Waals surface area contributed by atoms with E-state index in [4.69, 9.17) is 4.74 Å². The van der Waals surface area contributed by atoms with Gasteiger partial charge in [-0.1, -0.05) is 43.3 Å². The zero-order chi connectivity index (χ0) is 14.7. The summed E-state index contributed by atoms with van der Waals surface area (Å²) in [6.07, 6.45) is 5.42. The van der Waals surface area contributed by atoms with Crippen molar-refractivity contribution in [3.8, 4) is 6.07 Å². The normalized spacial score (nSPS) is 21.7. The van der Waals surface area contributed by atoms with Crippen molar-refractivity contribution in [3.05, 3.63) is 47.5 Å². The Balaban J connectivity index is 2.10. The van der Waals surface area contributed by atoms with Gasteiger partial charge in [0.2, 0.25) is 0 Å². The molecule has 1 fully saturated rings. The fourth-order valence-electron chi connectivity index (χ4n) is 3.00. The maximum absolute atomic E-state index is 9.50. The van der Waals surface area contributed by atoms with Gasteiger partial charge in [0, 0.05) is 29.9 Å². The van der Waals surface area contributed by atoms with E-state index in [0.717, 1.165) is 43.9 Å². The number of nitrogens with zero attached hydrogens (tertiary/aromatic N) is 2. The third-order valence-corrected chi connectivity index (χ3v) is 4.19. The molecule has 1 aliphatic heterocycles. The van der Waals surface area contributed by atoms with Crippen molar-refractivity contribution in [3.63, 3.8) is 0 Å². The number of rotatable bonds is 2. The molecule has 1 aromatic rings. The van der Waals surface area contributed by atoms with Crippen molar-refractivity contribution in [1.82, 2.24) is 4.90 Å². The van der Waals surface area contributed by atoms with E-state index < -0.39 is 0 Å². The van der Waals surface area contributed by atoms with E-state index in [1.807, 2.05) is 12.1 Å². The molecule has 0 spiro atoms. The van der Waals surface area contributed by atoms with Crippen LogP contribution in [0, 0.1) is 17.2 Å². The van der Waals surface area contributed by atoms with Crippen molar-refractivity contribution in [2.45, 2.75) is 13.3 Å². The average molecular weight is 280 g/mol. The van der Waals surface area contributed by atoms with Crippen LogP contribution in [0.25, 0.3) is 11.3 Å². The molecular weight excluding hydrogens is 260 g/mol. The van der Waals surface area contributed by atoms with Crippen molar-refractivity contribution in [1.29, 1.82) is 5.26 Å². The number of fused-ring (bicyclic) bond motifs is 1. The number of benzene rings is 1. The van der Waals surface area contributed by atoms with Crippen LogP contribution in [-0.4, -0.2) is 31.2 Å². The van der Waals surface area contributed by atoms with Gasteiger partial charge in [0.25, 0.3) is 0 Å². The lowest BCUT2D eigenvalue weighted by atomic mass is 9.99.